The number of rotatable bonds is 4. The van der Waals surface area contributed by atoms with Crippen molar-refractivity contribution >= 4 is 5.78 Å². The van der Waals surface area contributed by atoms with E-state index in [-0.39, 0.29) is 17.2 Å². The first-order valence-electron chi connectivity index (χ1n) is 7.81. The number of carbonyl (C=O) groups is 1. The average molecular weight is 325 g/mol. The van der Waals surface area contributed by atoms with Gasteiger partial charge in [0.05, 0.1) is 7.11 Å². The van der Waals surface area contributed by atoms with Gasteiger partial charge in [-0.05, 0) is 44.1 Å². The molecule has 1 aliphatic carbocycles. The second-order valence-electron chi connectivity index (χ2n) is 6.39. The maximum Gasteiger partial charge on any atom is 0.387 e. The van der Waals surface area contributed by atoms with E-state index in [2.05, 4.69) is 9.64 Å². The summed E-state index contributed by atoms with van der Waals surface area (Å²) in [6.45, 7) is -1.96. The molecule has 1 heterocycles. The van der Waals surface area contributed by atoms with Crippen molar-refractivity contribution < 1.29 is 23.0 Å². The fraction of sp³-hybridized carbons (Fsp3) is 0.588. The third-order valence-corrected chi connectivity index (χ3v) is 5.31. The number of likely N-dealkylation sites (tertiary alicyclic amines) is 1. The van der Waals surface area contributed by atoms with Crippen LogP contribution in [0, 0.1) is 0 Å². The SMILES string of the molecule is COc1cc([C@]23CCC(=O)C[C@H]2N(C)CC3)ccc1OC(F)F. The van der Waals surface area contributed by atoms with Crippen molar-refractivity contribution in [2.45, 2.75) is 43.8 Å². The Balaban J connectivity index is 1.98. The molecule has 23 heavy (non-hydrogen) atoms. The van der Waals surface area contributed by atoms with Crippen LogP contribution >= 0.6 is 0 Å². The maximum absolute atomic E-state index is 12.5. The van der Waals surface area contributed by atoms with Gasteiger partial charge in [0, 0.05) is 24.3 Å². The van der Waals surface area contributed by atoms with Crippen molar-refractivity contribution in [3.8, 4) is 11.5 Å². The van der Waals surface area contributed by atoms with Crippen molar-refractivity contribution in [1.82, 2.24) is 4.90 Å². The summed E-state index contributed by atoms with van der Waals surface area (Å²) in [6.07, 6.45) is 2.87. The van der Waals surface area contributed by atoms with Crippen molar-refractivity contribution in [1.29, 1.82) is 0 Å². The van der Waals surface area contributed by atoms with Gasteiger partial charge < -0.3 is 14.4 Å². The lowest BCUT2D eigenvalue weighted by atomic mass is 9.66. The topological polar surface area (TPSA) is 38.8 Å². The van der Waals surface area contributed by atoms with Gasteiger partial charge in [0.1, 0.15) is 5.78 Å². The van der Waals surface area contributed by atoms with E-state index in [1.807, 2.05) is 13.1 Å². The lowest BCUT2D eigenvalue weighted by molar-refractivity contribution is -0.122. The Morgan fingerprint density at radius 3 is 2.78 bits per heavy atom. The number of nitrogens with zero attached hydrogens (tertiary/aromatic N) is 1. The summed E-state index contributed by atoms with van der Waals surface area (Å²) in [7, 11) is 3.48. The monoisotopic (exact) mass is 325 g/mol. The minimum absolute atomic E-state index is 0.0393. The van der Waals surface area contributed by atoms with Crippen LogP contribution in [-0.2, 0) is 10.2 Å². The van der Waals surface area contributed by atoms with Gasteiger partial charge in [0.15, 0.2) is 11.5 Å². The summed E-state index contributed by atoms with van der Waals surface area (Å²) in [5, 5.41) is 0. The summed E-state index contributed by atoms with van der Waals surface area (Å²) in [4.78, 5) is 14.1. The Morgan fingerprint density at radius 2 is 2.09 bits per heavy atom. The molecule has 0 amide bonds. The van der Waals surface area contributed by atoms with E-state index in [0.29, 0.717) is 24.4 Å². The number of benzene rings is 1. The Morgan fingerprint density at radius 1 is 1.30 bits per heavy atom. The van der Waals surface area contributed by atoms with E-state index in [4.69, 9.17) is 4.74 Å². The van der Waals surface area contributed by atoms with Crippen LogP contribution < -0.4 is 9.47 Å². The number of Topliss-reactive ketones (excluding diaryl/α,β-unsaturated/α-hetero) is 1. The highest BCUT2D eigenvalue weighted by Gasteiger charge is 2.50. The molecule has 2 fully saturated rings. The molecule has 2 atom stereocenters. The number of hydrogen-bond donors (Lipinski definition) is 0. The van der Waals surface area contributed by atoms with E-state index in [1.54, 1.807) is 12.1 Å². The number of ketones is 1. The molecular formula is C17H21F2NO3. The quantitative estimate of drug-likeness (QED) is 0.853. The smallest absolute Gasteiger partial charge is 0.387 e. The van der Waals surface area contributed by atoms with Crippen LogP contribution in [0.25, 0.3) is 0 Å². The zero-order valence-corrected chi connectivity index (χ0v) is 13.4. The van der Waals surface area contributed by atoms with Gasteiger partial charge in [0.2, 0.25) is 0 Å². The van der Waals surface area contributed by atoms with Gasteiger partial charge in [-0.1, -0.05) is 6.07 Å². The first kappa shape index (κ1) is 16.2. The molecule has 0 unspecified atom stereocenters. The number of fused-ring (bicyclic) bond motifs is 1. The van der Waals surface area contributed by atoms with Crippen LogP contribution in [0.4, 0.5) is 8.78 Å². The Hall–Kier alpha value is -1.69. The molecular weight excluding hydrogens is 304 g/mol. The molecule has 3 rings (SSSR count). The summed E-state index contributed by atoms with van der Waals surface area (Å²) in [6, 6.07) is 5.33. The average Bonchev–Trinajstić information content (AvgIpc) is 2.85. The minimum atomic E-state index is -2.88. The fourth-order valence-corrected chi connectivity index (χ4v) is 4.09. The maximum atomic E-state index is 12.5. The molecule has 0 N–H and O–H groups in total. The van der Waals surface area contributed by atoms with Crippen molar-refractivity contribution in [3.05, 3.63) is 23.8 Å². The molecule has 0 radical (unpaired) electrons. The highest BCUT2D eigenvalue weighted by Crippen LogP contribution is 2.49. The number of ether oxygens (including phenoxy) is 2. The number of likely N-dealkylation sites (N-methyl/N-ethyl adjacent to an activating group) is 1. The Labute approximate surface area is 134 Å². The van der Waals surface area contributed by atoms with Crippen molar-refractivity contribution in [3.63, 3.8) is 0 Å². The van der Waals surface area contributed by atoms with Crippen LogP contribution in [0.5, 0.6) is 11.5 Å². The summed E-state index contributed by atoms with van der Waals surface area (Å²) < 4.78 is 34.7. The second-order valence-corrected chi connectivity index (χ2v) is 6.39. The largest absolute Gasteiger partial charge is 0.493 e. The third-order valence-electron chi connectivity index (χ3n) is 5.31. The molecule has 0 bridgehead atoms. The van der Waals surface area contributed by atoms with Crippen LogP contribution in [-0.4, -0.2) is 44.0 Å². The van der Waals surface area contributed by atoms with Gasteiger partial charge in [-0.25, -0.2) is 0 Å². The van der Waals surface area contributed by atoms with Gasteiger partial charge >= 0.3 is 6.61 Å². The summed E-state index contributed by atoms with van der Waals surface area (Å²) in [5.74, 6) is 0.642. The van der Waals surface area contributed by atoms with Crippen LogP contribution in [0.15, 0.2) is 18.2 Å². The van der Waals surface area contributed by atoms with Crippen LogP contribution in [0.2, 0.25) is 0 Å². The predicted molar refractivity (Wildman–Crippen MR) is 81.2 cm³/mol. The van der Waals surface area contributed by atoms with Crippen molar-refractivity contribution in [2.24, 2.45) is 0 Å². The minimum Gasteiger partial charge on any atom is -0.493 e. The molecule has 1 saturated carbocycles. The first-order valence-corrected chi connectivity index (χ1v) is 7.81. The molecule has 0 aromatic heterocycles. The standard InChI is InChI=1S/C17H21F2NO3/c1-20-8-7-17(6-5-12(21)10-15(17)20)11-3-4-13(23-16(18)19)14(9-11)22-2/h3-4,9,15-16H,5-8,10H2,1-2H3/t15-,17-/m1/s1. The highest BCUT2D eigenvalue weighted by molar-refractivity contribution is 5.81. The van der Waals surface area contributed by atoms with E-state index in [0.717, 1.165) is 24.9 Å². The number of alkyl halides is 2. The van der Waals surface area contributed by atoms with E-state index in [9.17, 15) is 13.6 Å². The van der Waals surface area contributed by atoms with Gasteiger partial charge in [-0.15, -0.1) is 0 Å². The molecule has 6 heteroatoms. The molecule has 1 aromatic carbocycles. The van der Waals surface area contributed by atoms with E-state index < -0.39 is 6.61 Å². The number of methoxy groups -OCH3 is 1. The lowest BCUT2D eigenvalue weighted by Gasteiger charge is -2.41. The van der Waals surface area contributed by atoms with E-state index >= 15 is 0 Å². The number of hydrogen-bond acceptors (Lipinski definition) is 4. The van der Waals surface area contributed by atoms with Gasteiger partial charge in [-0.2, -0.15) is 8.78 Å². The summed E-state index contributed by atoms with van der Waals surface area (Å²) >= 11 is 0. The zero-order chi connectivity index (χ0) is 16.6. The van der Waals surface area contributed by atoms with Crippen LogP contribution in [0.1, 0.15) is 31.2 Å². The molecule has 4 nitrogen and oxygen atoms in total. The third kappa shape index (κ3) is 2.80. The zero-order valence-electron chi connectivity index (χ0n) is 13.4. The molecule has 126 valence electrons. The fourth-order valence-electron chi connectivity index (χ4n) is 4.09. The van der Waals surface area contributed by atoms with E-state index in [1.165, 1.54) is 7.11 Å². The molecule has 1 saturated heterocycles. The lowest BCUT2D eigenvalue weighted by Crippen LogP contribution is -2.46. The normalized spacial score (nSPS) is 28.0. The van der Waals surface area contributed by atoms with Gasteiger partial charge in [0.25, 0.3) is 0 Å². The second kappa shape index (κ2) is 6.07. The predicted octanol–water partition coefficient (Wildman–Crippen LogP) is 2.99. The first-order chi connectivity index (χ1) is 11.0. The van der Waals surface area contributed by atoms with Gasteiger partial charge in [-0.3, -0.25) is 4.79 Å². The molecule has 0 spiro atoms. The van der Waals surface area contributed by atoms with Crippen LogP contribution in [0.3, 0.4) is 0 Å². The number of carbonyl (C=O) groups excluding carboxylic acids is 1. The Kier molecular flexibility index (Phi) is 4.27. The molecule has 1 aliphatic heterocycles. The number of halogens is 2. The van der Waals surface area contributed by atoms with Crippen molar-refractivity contribution in [2.75, 3.05) is 20.7 Å². The molecule has 1 aromatic rings. The highest BCUT2D eigenvalue weighted by atomic mass is 19.3. The Bertz CT molecular complexity index is 608. The summed E-state index contributed by atoms with van der Waals surface area (Å²) in [5.41, 5.74) is 0.928. The molecule has 2 aliphatic rings.